The van der Waals surface area contributed by atoms with Gasteiger partial charge in [-0.1, -0.05) is 24.3 Å². The Bertz CT molecular complexity index is 708. The van der Waals surface area contributed by atoms with Crippen molar-refractivity contribution in [3.05, 3.63) is 59.7 Å². The molecule has 0 atom stereocenters. The van der Waals surface area contributed by atoms with Crippen molar-refractivity contribution in [3.8, 4) is 5.75 Å². The van der Waals surface area contributed by atoms with Gasteiger partial charge in [-0.15, -0.1) is 0 Å². The Labute approximate surface area is 152 Å². The first-order valence-corrected chi connectivity index (χ1v) is 8.82. The molecule has 1 fully saturated rings. The molecule has 1 aliphatic rings. The number of nitrogens with zero attached hydrogens (tertiary/aromatic N) is 2. The van der Waals surface area contributed by atoms with Crippen LogP contribution in [0.4, 0.5) is 18.9 Å². The summed E-state index contributed by atoms with van der Waals surface area (Å²) in [5.74, 6) is 0.895. The van der Waals surface area contributed by atoms with E-state index in [9.17, 15) is 13.2 Å². The zero-order valence-corrected chi connectivity index (χ0v) is 14.8. The van der Waals surface area contributed by atoms with Crippen molar-refractivity contribution < 1.29 is 17.9 Å². The highest BCUT2D eigenvalue weighted by Gasteiger charge is 2.30. The van der Waals surface area contributed by atoms with Gasteiger partial charge in [0, 0.05) is 32.7 Å². The summed E-state index contributed by atoms with van der Waals surface area (Å²) in [6, 6.07) is 13.5. The van der Waals surface area contributed by atoms with Crippen LogP contribution < -0.4 is 9.64 Å². The first kappa shape index (κ1) is 18.6. The Morgan fingerprint density at radius 2 is 1.58 bits per heavy atom. The largest absolute Gasteiger partial charge is 0.492 e. The van der Waals surface area contributed by atoms with E-state index in [1.54, 1.807) is 12.1 Å². The van der Waals surface area contributed by atoms with Gasteiger partial charge in [0.25, 0.3) is 0 Å². The average Bonchev–Trinajstić information content (AvgIpc) is 2.63. The lowest BCUT2D eigenvalue weighted by atomic mass is 10.1. The Morgan fingerprint density at radius 3 is 2.19 bits per heavy atom. The topological polar surface area (TPSA) is 15.7 Å². The fourth-order valence-corrected chi connectivity index (χ4v) is 3.20. The van der Waals surface area contributed by atoms with Gasteiger partial charge in [0.05, 0.1) is 17.9 Å². The van der Waals surface area contributed by atoms with E-state index in [4.69, 9.17) is 4.74 Å². The zero-order chi connectivity index (χ0) is 18.6. The third kappa shape index (κ3) is 4.49. The molecular weight excluding hydrogens is 341 g/mol. The molecule has 3 nitrogen and oxygen atoms in total. The van der Waals surface area contributed by atoms with Gasteiger partial charge in [0.15, 0.2) is 0 Å². The average molecular weight is 364 g/mol. The molecule has 0 bridgehead atoms. The number of ether oxygens (including phenoxy) is 1. The maximum Gasteiger partial charge on any atom is 0.416 e. The molecule has 0 N–H and O–H groups in total. The molecule has 1 aliphatic heterocycles. The molecule has 0 amide bonds. The summed E-state index contributed by atoms with van der Waals surface area (Å²) in [4.78, 5) is 4.57. The molecule has 1 saturated heterocycles. The maximum atomic E-state index is 12.6. The van der Waals surface area contributed by atoms with Crippen molar-refractivity contribution in [2.24, 2.45) is 0 Å². The van der Waals surface area contributed by atoms with Crippen molar-refractivity contribution in [2.45, 2.75) is 19.6 Å². The smallest absolute Gasteiger partial charge is 0.416 e. The Kier molecular flexibility index (Phi) is 5.71. The molecule has 1 heterocycles. The van der Waals surface area contributed by atoms with Crippen LogP contribution in [0.3, 0.4) is 0 Å². The van der Waals surface area contributed by atoms with Gasteiger partial charge in [-0.05, 0) is 36.8 Å². The minimum Gasteiger partial charge on any atom is -0.492 e. The Balaban J connectivity index is 1.57. The molecule has 2 aromatic rings. The van der Waals surface area contributed by atoms with Crippen LogP contribution in [0.1, 0.15) is 18.1 Å². The fourth-order valence-electron chi connectivity index (χ4n) is 3.20. The molecule has 2 aromatic carbocycles. The van der Waals surface area contributed by atoms with Crippen LogP contribution >= 0.6 is 0 Å². The highest BCUT2D eigenvalue weighted by molar-refractivity contribution is 5.58. The van der Waals surface area contributed by atoms with Gasteiger partial charge in [-0.25, -0.2) is 0 Å². The quantitative estimate of drug-likeness (QED) is 0.781. The molecule has 3 rings (SSSR count). The number of hydrogen-bond donors (Lipinski definition) is 0. The number of halogens is 3. The van der Waals surface area contributed by atoms with Gasteiger partial charge < -0.3 is 9.64 Å². The number of piperazine rings is 1. The van der Waals surface area contributed by atoms with Crippen LogP contribution in [0.5, 0.6) is 5.75 Å². The van der Waals surface area contributed by atoms with Crippen molar-refractivity contribution in [1.29, 1.82) is 0 Å². The predicted molar refractivity (Wildman–Crippen MR) is 96.5 cm³/mol. The molecule has 0 saturated carbocycles. The molecule has 0 unspecified atom stereocenters. The van der Waals surface area contributed by atoms with E-state index in [0.717, 1.165) is 55.3 Å². The second kappa shape index (κ2) is 7.99. The van der Waals surface area contributed by atoms with Crippen molar-refractivity contribution >= 4 is 5.69 Å². The molecule has 0 aliphatic carbocycles. The standard InChI is InChI=1S/C20H23F3N2O/c1-2-26-19-6-4-3-5-18(19)25-13-11-24(12-14-25)15-16-7-9-17(10-8-16)20(21,22)23/h3-10H,2,11-15H2,1H3. The van der Waals surface area contributed by atoms with E-state index < -0.39 is 11.7 Å². The highest BCUT2D eigenvalue weighted by atomic mass is 19.4. The molecule has 26 heavy (non-hydrogen) atoms. The minimum atomic E-state index is -4.28. The van der Waals surface area contributed by atoms with Gasteiger partial charge in [-0.3, -0.25) is 4.90 Å². The third-order valence-corrected chi connectivity index (χ3v) is 4.57. The van der Waals surface area contributed by atoms with Crippen LogP contribution in [-0.4, -0.2) is 37.7 Å². The van der Waals surface area contributed by atoms with E-state index in [1.165, 1.54) is 0 Å². The third-order valence-electron chi connectivity index (χ3n) is 4.57. The van der Waals surface area contributed by atoms with Crippen LogP contribution in [0, 0.1) is 0 Å². The van der Waals surface area contributed by atoms with Crippen molar-refractivity contribution in [1.82, 2.24) is 4.90 Å². The summed E-state index contributed by atoms with van der Waals surface area (Å²) < 4.78 is 43.6. The summed E-state index contributed by atoms with van der Waals surface area (Å²) >= 11 is 0. The molecular formula is C20H23F3N2O. The predicted octanol–water partition coefficient (Wildman–Crippen LogP) is 4.43. The first-order valence-electron chi connectivity index (χ1n) is 8.82. The van der Waals surface area contributed by atoms with Crippen LogP contribution in [0.15, 0.2) is 48.5 Å². The van der Waals surface area contributed by atoms with Gasteiger partial charge in [-0.2, -0.15) is 13.2 Å². The van der Waals surface area contributed by atoms with E-state index in [0.29, 0.717) is 13.2 Å². The first-order chi connectivity index (χ1) is 12.5. The SMILES string of the molecule is CCOc1ccccc1N1CCN(Cc2ccc(C(F)(F)F)cc2)CC1. The summed E-state index contributed by atoms with van der Waals surface area (Å²) in [6.45, 7) is 6.72. The second-order valence-electron chi connectivity index (χ2n) is 6.36. The van der Waals surface area contributed by atoms with Crippen molar-refractivity contribution in [3.63, 3.8) is 0 Å². The highest BCUT2D eigenvalue weighted by Crippen LogP contribution is 2.30. The van der Waals surface area contributed by atoms with Crippen molar-refractivity contribution in [2.75, 3.05) is 37.7 Å². The number of hydrogen-bond acceptors (Lipinski definition) is 3. The Hall–Kier alpha value is -2.21. The molecule has 0 radical (unpaired) electrons. The summed E-state index contributed by atoms with van der Waals surface area (Å²) in [5, 5.41) is 0. The Morgan fingerprint density at radius 1 is 0.923 bits per heavy atom. The second-order valence-corrected chi connectivity index (χ2v) is 6.36. The molecule has 140 valence electrons. The maximum absolute atomic E-state index is 12.6. The van der Waals surface area contributed by atoms with Gasteiger partial charge in [0.1, 0.15) is 5.75 Å². The van der Waals surface area contributed by atoms with E-state index in [1.807, 2.05) is 25.1 Å². The minimum absolute atomic E-state index is 0.599. The lowest BCUT2D eigenvalue weighted by Crippen LogP contribution is -2.46. The summed E-state index contributed by atoms with van der Waals surface area (Å²) in [7, 11) is 0. The van der Waals surface area contributed by atoms with E-state index in [-0.39, 0.29) is 0 Å². The van der Waals surface area contributed by atoms with Crippen LogP contribution in [0.25, 0.3) is 0 Å². The van der Waals surface area contributed by atoms with Gasteiger partial charge in [0.2, 0.25) is 0 Å². The normalized spacial score (nSPS) is 15.9. The zero-order valence-electron chi connectivity index (χ0n) is 14.8. The fraction of sp³-hybridized carbons (Fsp3) is 0.400. The number of alkyl halides is 3. The molecule has 0 spiro atoms. The van der Waals surface area contributed by atoms with E-state index in [2.05, 4.69) is 15.9 Å². The molecule has 0 aromatic heterocycles. The van der Waals surface area contributed by atoms with E-state index >= 15 is 0 Å². The number of para-hydroxylation sites is 2. The molecule has 6 heteroatoms. The lowest BCUT2D eigenvalue weighted by molar-refractivity contribution is -0.137. The van der Waals surface area contributed by atoms with Gasteiger partial charge >= 0.3 is 6.18 Å². The summed E-state index contributed by atoms with van der Waals surface area (Å²) in [6.07, 6.45) is -4.28. The monoisotopic (exact) mass is 364 g/mol. The number of rotatable bonds is 5. The number of benzene rings is 2. The van der Waals surface area contributed by atoms with Crippen LogP contribution in [0.2, 0.25) is 0 Å². The van der Waals surface area contributed by atoms with Crippen LogP contribution in [-0.2, 0) is 12.7 Å². The summed E-state index contributed by atoms with van der Waals surface area (Å²) in [5.41, 5.74) is 1.41. The number of anilines is 1. The lowest BCUT2D eigenvalue weighted by Gasteiger charge is -2.36.